The van der Waals surface area contributed by atoms with Crippen molar-refractivity contribution < 1.29 is 39.4 Å². The fraction of sp³-hybridized carbons (Fsp3) is 1.00. The molecule has 2 fully saturated rings. The molecule has 0 unspecified atom stereocenters. The van der Waals surface area contributed by atoms with E-state index in [-0.39, 0.29) is 6.61 Å². The van der Waals surface area contributed by atoms with E-state index in [0.717, 1.165) is 0 Å². The van der Waals surface area contributed by atoms with E-state index in [1.54, 1.807) is 6.92 Å². The lowest BCUT2D eigenvalue weighted by Gasteiger charge is -2.41. The van der Waals surface area contributed by atoms with E-state index in [0.29, 0.717) is 6.42 Å². The molecule has 2 heterocycles. The van der Waals surface area contributed by atoms with Crippen LogP contribution in [0.25, 0.3) is 0 Å². The number of hydrogen-bond donors (Lipinski definition) is 5. The van der Waals surface area contributed by atoms with Crippen molar-refractivity contribution in [1.29, 1.82) is 0 Å². The van der Waals surface area contributed by atoms with Crippen molar-refractivity contribution in [3.8, 4) is 0 Å². The molecule has 0 bridgehead atoms. The van der Waals surface area contributed by atoms with Crippen LogP contribution in [-0.2, 0) is 18.9 Å². The van der Waals surface area contributed by atoms with Crippen LogP contribution in [0.5, 0.6) is 0 Å². The Balaban J connectivity index is 1.88. The molecule has 2 rings (SSSR count). The Bertz CT molecular complexity index is 345. The summed E-state index contributed by atoms with van der Waals surface area (Å²) in [6.07, 6.45) is -7.57. The second kappa shape index (κ2) is 7.47. The molecule has 0 radical (unpaired) electrons. The maximum absolute atomic E-state index is 9.92. The summed E-state index contributed by atoms with van der Waals surface area (Å²) in [5.74, 6) is 0. The highest BCUT2D eigenvalue weighted by atomic mass is 16.7. The highest BCUT2D eigenvalue weighted by molar-refractivity contribution is 4.89. The minimum absolute atomic E-state index is 0.0784. The normalized spacial score (nSPS) is 50.0. The van der Waals surface area contributed by atoms with Gasteiger partial charge in [0.2, 0.25) is 0 Å². The Labute approximate surface area is 128 Å². The molecule has 9 heteroatoms. The second-order valence-electron chi connectivity index (χ2n) is 5.74. The zero-order chi connectivity index (χ0) is 16.4. The van der Waals surface area contributed by atoms with Gasteiger partial charge in [0.1, 0.15) is 24.4 Å². The highest BCUT2D eigenvalue weighted by Gasteiger charge is 2.44. The predicted octanol–water partition coefficient (Wildman–Crippen LogP) is -2.72. The molecule has 130 valence electrons. The molecule has 0 spiro atoms. The van der Waals surface area contributed by atoms with Gasteiger partial charge in [-0.05, 0) is 6.92 Å². The van der Waals surface area contributed by atoms with E-state index in [9.17, 15) is 20.4 Å². The van der Waals surface area contributed by atoms with Gasteiger partial charge in [0.05, 0.1) is 18.8 Å². The molecule has 2 aliphatic rings. The van der Waals surface area contributed by atoms with Crippen LogP contribution in [0.4, 0.5) is 0 Å². The maximum atomic E-state index is 9.92. The van der Waals surface area contributed by atoms with Gasteiger partial charge >= 0.3 is 0 Å². The molecule has 0 aliphatic carbocycles. The van der Waals surface area contributed by atoms with Gasteiger partial charge in [0.25, 0.3) is 0 Å². The molecule has 0 aromatic heterocycles. The van der Waals surface area contributed by atoms with Gasteiger partial charge in [-0.3, -0.25) is 0 Å². The lowest BCUT2D eigenvalue weighted by molar-refractivity contribution is -0.308. The Hall–Kier alpha value is -0.360. The van der Waals surface area contributed by atoms with Gasteiger partial charge in [-0.25, -0.2) is 0 Å². The average molecular weight is 323 g/mol. The second-order valence-corrected chi connectivity index (χ2v) is 5.74. The van der Waals surface area contributed by atoms with E-state index in [1.807, 2.05) is 0 Å². The predicted molar refractivity (Wildman–Crippen MR) is 72.6 cm³/mol. The lowest BCUT2D eigenvalue weighted by atomic mass is 9.99. The van der Waals surface area contributed by atoms with Gasteiger partial charge in [0, 0.05) is 19.6 Å². The Morgan fingerprint density at radius 1 is 1.05 bits per heavy atom. The number of ether oxygens (including phenoxy) is 4. The number of rotatable bonds is 4. The van der Waals surface area contributed by atoms with Gasteiger partial charge in [0.15, 0.2) is 12.6 Å². The SMILES string of the molecule is CO[C@H]1O[C@H](CO[C@H]2C[C@@H](N)[C@@H](O)[C@H](C)O2)[C@@H](O)[C@H](O)[C@H]1O. The molecule has 0 aromatic rings. The van der Waals surface area contributed by atoms with Crippen molar-refractivity contribution >= 4 is 0 Å². The first-order valence-corrected chi connectivity index (χ1v) is 7.28. The fourth-order valence-corrected chi connectivity index (χ4v) is 2.64. The summed E-state index contributed by atoms with van der Waals surface area (Å²) in [5, 5.41) is 39.1. The maximum Gasteiger partial charge on any atom is 0.186 e. The molecule has 0 aromatic carbocycles. The molecule has 6 N–H and O–H groups in total. The van der Waals surface area contributed by atoms with Crippen LogP contribution < -0.4 is 5.73 Å². The van der Waals surface area contributed by atoms with Crippen LogP contribution in [0.1, 0.15) is 13.3 Å². The van der Waals surface area contributed by atoms with E-state index >= 15 is 0 Å². The smallest absolute Gasteiger partial charge is 0.186 e. The van der Waals surface area contributed by atoms with Gasteiger partial charge in [-0.15, -0.1) is 0 Å². The van der Waals surface area contributed by atoms with E-state index in [2.05, 4.69) is 0 Å². The summed E-state index contributed by atoms with van der Waals surface area (Å²) in [6, 6.07) is -0.468. The molecule has 0 saturated carbocycles. The zero-order valence-corrected chi connectivity index (χ0v) is 12.6. The number of aliphatic hydroxyl groups excluding tert-OH is 4. The first-order chi connectivity index (χ1) is 10.3. The molecule has 22 heavy (non-hydrogen) atoms. The van der Waals surface area contributed by atoms with Crippen molar-refractivity contribution in [3.05, 3.63) is 0 Å². The summed E-state index contributed by atoms with van der Waals surface area (Å²) >= 11 is 0. The Morgan fingerprint density at radius 2 is 1.73 bits per heavy atom. The van der Waals surface area contributed by atoms with Crippen LogP contribution >= 0.6 is 0 Å². The van der Waals surface area contributed by atoms with E-state index in [4.69, 9.17) is 24.7 Å². The molecular formula is C13H25NO8. The first-order valence-electron chi connectivity index (χ1n) is 7.28. The quantitative estimate of drug-likeness (QED) is 0.373. The van der Waals surface area contributed by atoms with Crippen LogP contribution in [0.15, 0.2) is 0 Å². The Kier molecular flexibility index (Phi) is 6.11. The number of aliphatic hydroxyl groups is 4. The lowest BCUT2D eigenvalue weighted by Crippen LogP contribution is -2.59. The van der Waals surface area contributed by atoms with Crippen LogP contribution in [-0.4, -0.2) is 89.4 Å². The van der Waals surface area contributed by atoms with Gasteiger partial charge < -0.3 is 45.1 Å². The number of hydrogen-bond acceptors (Lipinski definition) is 9. The van der Waals surface area contributed by atoms with Crippen LogP contribution in [0, 0.1) is 0 Å². The average Bonchev–Trinajstić information content (AvgIpc) is 2.49. The van der Waals surface area contributed by atoms with Crippen molar-refractivity contribution in [2.45, 2.75) is 68.6 Å². The monoisotopic (exact) mass is 323 g/mol. The van der Waals surface area contributed by atoms with E-state index < -0.39 is 55.2 Å². The van der Waals surface area contributed by atoms with Crippen LogP contribution in [0.3, 0.4) is 0 Å². The van der Waals surface area contributed by atoms with Crippen molar-refractivity contribution in [3.63, 3.8) is 0 Å². The molecular weight excluding hydrogens is 298 g/mol. The fourth-order valence-electron chi connectivity index (χ4n) is 2.64. The summed E-state index contributed by atoms with van der Waals surface area (Å²) in [7, 11) is 1.32. The molecule has 2 aliphatic heterocycles. The third-order valence-corrected chi connectivity index (χ3v) is 4.10. The highest BCUT2D eigenvalue weighted by Crippen LogP contribution is 2.24. The molecule has 9 atom stereocenters. The van der Waals surface area contributed by atoms with Crippen molar-refractivity contribution in [2.75, 3.05) is 13.7 Å². The third-order valence-electron chi connectivity index (χ3n) is 4.10. The molecule has 2 saturated heterocycles. The first kappa shape index (κ1) is 18.0. The summed E-state index contributed by atoms with van der Waals surface area (Å²) in [6.45, 7) is 1.61. The largest absolute Gasteiger partial charge is 0.389 e. The Morgan fingerprint density at radius 3 is 2.32 bits per heavy atom. The van der Waals surface area contributed by atoms with Crippen molar-refractivity contribution in [2.24, 2.45) is 5.73 Å². The standard InChI is InChI=1S/C13H25NO8/c1-5-9(15)6(14)3-8(21-5)20-4-7-10(16)11(17)12(18)13(19-2)22-7/h5-13,15-18H,3-4,14H2,1-2H3/t5-,6+,7+,8+,9-,10+,11-,12+,13-/m0/s1. The topological polar surface area (TPSA) is 144 Å². The minimum Gasteiger partial charge on any atom is -0.389 e. The summed E-state index contributed by atoms with van der Waals surface area (Å²) in [4.78, 5) is 0. The summed E-state index contributed by atoms with van der Waals surface area (Å²) in [5.41, 5.74) is 5.80. The summed E-state index contributed by atoms with van der Waals surface area (Å²) < 4.78 is 21.2. The van der Waals surface area contributed by atoms with Crippen molar-refractivity contribution in [1.82, 2.24) is 0 Å². The molecule has 0 amide bonds. The minimum atomic E-state index is -1.40. The number of methoxy groups -OCH3 is 1. The molecule has 9 nitrogen and oxygen atoms in total. The van der Waals surface area contributed by atoms with Gasteiger partial charge in [-0.1, -0.05) is 0 Å². The van der Waals surface area contributed by atoms with Crippen LogP contribution in [0.2, 0.25) is 0 Å². The third kappa shape index (κ3) is 3.75. The van der Waals surface area contributed by atoms with E-state index in [1.165, 1.54) is 7.11 Å². The van der Waals surface area contributed by atoms with Gasteiger partial charge in [-0.2, -0.15) is 0 Å². The number of nitrogens with two attached hydrogens (primary N) is 1. The zero-order valence-electron chi connectivity index (χ0n) is 12.6.